The van der Waals surface area contributed by atoms with Crippen LogP contribution in [0, 0.1) is 10.1 Å². The van der Waals surface area contributed by atoms with E-state index >= 15 is 0 Å². The Balaban J connectivity index is 1.95. The minimum Gasteiger partial charge on any atom is -0.352 e. The molecule has 11 heteroatoms. The minimum absolute atomic E-state index is 0.133. The average Bonchev–Trinajstić information content (AvgIpc) is 2.88. The molecule has 0 heterocycles. The van der Waals surface area contributed by atoms with E-state index in [1.807, 2.05) is 6.92 Å². The van der Waals surface area contributed by atoms with E-state index in [4.69, 9.17) is 0 Å². The number of nitro benzene ring substituents is 1. The van der Waals surface area contributed by atoms with Crippen LogP contribution in [0.5, 0.6) is 0 Å². The molecular formula is C25H26N4O6S. The predicted molar refractivity (Wildman–Crippen MR) is 136 cm³/mol. The Bertz CT molecular complexity index is 1350. The number of carbonyl (C=O) groups is 2. The van der Waals surface area contributed by atoms with Gasteiger partial charge in [0.15, 0.2) is 0 Å². The molecule has 0 aliphatic heterocycles. The van der Waals surface area contributed by atoms with Crippen molar-refractivity contribution in [2.45, 2.75) is 24.7 Å². The number of para-hydroxylation sites is 3. The molecule has 188 valence electrons. The highest BCUT2D eigenvalue weighted by atomic mass is 32.2. The number of rotatable bonds is 11. The first-order valence-corrected chi connectivity index (χ1v) is 12.7. The average molecular weight is 511 g/mol. The van der Waals surface area contributed by atoms with Crippen molar-refractivity contribution >= 4 is 38.9 Å². The summed E-state index contributed by atoms with van der Waals surface area (Å²) in [5.74, 6) is -1.16. The summed E-state index contributed by atoms with van der Waals surface area (Å²) in [5.41, 5.74) is -0.325. The van der Waals surface area contributed by atoms with Gasteiger partial charge >= 0.3 is 0 Å². The Morgan fingerprint density at radius 1 is 0.944 bits per heavy atom. The number of amides is 2. The van der Waals surface area contributed by atoms with Crippen molar-refractivity contribution in [2.75, 3.05) is 22.7 Å². The number of hydrogen-bond donors (Lipinski definition) is 2. The monoisotopic (exact) mass is 510 g/mol. The largest absolute Gasteiger partial charge is 0.352 e. The molecule has 0 radical (unpaired) electrons. The van der Waals surface area contributed by atoms with Crippen molar-refractivity contribution in [1.82, 2.24) is 5.32 Å². The summed E-state index contributed by atoms with van der Waals surface area (Å²) in [7, 11) is -4.35. The molecule has 0 aliphatic carbocycles. The summed E-state index contributed by atoms with van der Waals surface area (Å²) in [6.45, 7) is 1.71. The molecule has 0 fully saturated rings. The molecule has 3 aromatic carbocycles. The lowest BCUT2D eigenvalue weighted by molar-refractivity contribution is -0.384. The minimum atomic E-state index is -4.35. The quantitative estimate of drug-likeness (QED) is 0.227. The summed E-state index contributed by atoms with van der Waals surface area (Å²) in [4.78, 5) is 36.4. The van der Waals surface area contributed by atoms with E-state index < -0.39 is 33.1 Å². The van der Waals surface area contributed by atoms with Crippen LogP contribution in [0.15, 0.2) is 83.8 Å². The molecule has 0 saturated carbocycles. The van der Waals surface area contributed by atoms with E-state index in [9.17, 15) is 28.1 Å². The van der Waals surface area contributed by atoms with E-state index in [0.29, 0.717) is 10.8 Å². The maximum atomic E-state index is 13.5. The van der Waals surface area contributed by atoms with Crippen LogP contribution in [0.3, 0.4) is 0 Å². The van der Waals surface area contributed by atoms with Gasteiger partial charge in [-0.25, -0.2) is 12.7 Å². The first-order chi connectivity index (χ1) is 17.3. The molecule has 0 aliphatic rings. The number of anilines is 2. The highest BCUT2D eigenvalue weighted by Crippen LogP contribution is 2.32. The van der Waals surface area contributed by atoms with Gasteiger partial charge in [0.2, 0.25) is 5.91 Å². The van der Waals surface area contributed by atoms with Crippen LogP contribution < -0.4 is 14.9 Å². The summed E-state index contributed by atoms with van der Waals surface area (Å²) >= 11 is 0. The number of nitrogens with zero attached hydrogens (tertiary/aromatic N) is 2. The lowest BCUT2D eigenvalue weighted by Crippen LogP contribution is -2.38. The maximum Gasteiger partial charge on any atom is 0.293 e. The molecule has 3 aromatic rings. The molecule has 0 bridgehead atoms. The van der Waals surface area contributed by atoms with E-state index in [1.54, 1.807) is 18.2 Å². The van der Waals surface area contributed by atoms with E-state index in [1.165, 1.54) is 54.6 Å². The number of sulfonamides is 1. The topological polar surface area (TPSA) is 139 Å². The third kappa shape index (κ3) is 6.25. The molecule has 0 unspecified atom stereocenters. The number of nitro groups is 1. The van der Waals surface area contributed by atoms with E-state index in [2.05, 4.69) is 10.6 Å². The van der Waals surface area contributed by atoms with Gasteiger partial charge in [-0.05, 0) is 36.8 Å². The van der Waals surface area contributed by atoms with Crippen LogP contribution in [0.1, 0.15) is 30.1 Å². The predicted octanol–water partition coefficient (Wildman–Crippen LogP) is 3.96. The Labute approximate surface area is 209 Å². The molecule has 0 saturated heterocycles. The van der Waals surface area contributed by atoms with Gasteiger partial charge in [-0.2, -0.15) is 0 Å². The number of nitrogens with one attached hydrogen (secondary N) is 2. The number of hydrogen-bond acceptors (Lipinski definition) is 6. The Morgan fingerprint density at radius 2 is 1.58 bits per heavy atom. The van der Waals surface area contributed by atoms with E-state index in [-0.39, 0.29) is 27.7 Å². The number of carbonyl (C=O) groups excluding carboxylic acids is 2. The van der Waals surface area contributed by atoms with Crippen LogP contribution in [-0.4, -0.2) is 38.2 Å². The molecule has 2 amide bonds. The van der Waals surface area contributed by atoms with Crippen LogP contribution in [-0.2, 0) is 14.8 Å². The highest BCUT2D eigenvalue weighted by Gasteiger charge is 2.32. The van der Waals surface area contributed by atoms with Crippen molar-refractivity contribution < 1.29 is 22.9 Å². The summed E-state index contributed by atoms with van der Waals surface area (Å²) in [5, 5.41) is 17.0. The van der Waals surface area contributed by atoms with Gasteiger partial charge in [-0.3, -0.25) is 19.7 Å². The first-order valence-electron chi connectivity index (χ1n) is 11.2. The van der Waals surface area contributed by atoms with Crippen LogP contribution in [0.25, 0.3) is 0 Å². The van der Waals surface area contributed by atoms with Crippen molar-refractivity contribution in [1.29, 1.82) is 0 Å². The zero-order valence-electron chi connectivity index (χ0n) is 19.6. The molecule has 10 nitrogen and oxygen atoms in total. The molecule has 36 heavy (non-hydrogen) atoms. The van der Waals surface area contributed by atoms with Crippen molar-refractivity contribution in [3.8, 4) is 0 Å². The Morgan fingerprint density at radius 3 is 2.28 bits per heavy atom. The Kier molecular flexibility index (Phi) is 8.74. The summed E-state index contributed by atoms with van der Waals surface area (Å²) in [6, 6.07) is 18.9. The van der Waals surface area contributed by atoms with Gasteiger partial charge in [0, 0.05) is 12.6 Å². The van der Waals surface area contributed by atoms with Crippen LogP contribution in [0.4, 0.5) is 17.1 Å². The molecular weight excluding hydrogens is 484 g/mol. The summed E-state index contributed by atoms with van der Waals surface area (Å²) in [6.07, 6.45) is 1.69. The summed E-state index contributed by atoms with van der Waals surface area (Å²) < 4.78 is 27.6. The Hall–Kier alpha value is -4.25. The zero-order valence-corrected chi connectivity index (χ0v) is 20.4. The van der Waals surface area contributed by atoms with Gasteiger partial charge in [-0.1, -0.05) is 55.8 Å². The maximum absolute atomic E-state index is 13.5. The highest BCUT2D eigenvalue weighted by molar-refractivity contribution is 7.92. The number of unbranched alkanes of at least 4 members (excludes halogenated alkanes) is 1. The normalized spacial score (nSPS) is 10.9. The van der Waals surface area contributed by atoms with Crippen LogP contribution >= 0.6 is 0 Å². The fourth-order valence-corrected chi connectivity index (χ4v) is 4.89. The van der Waals surface area contributed by atoms with Gasteiger partial charge in [0.05, 0.1) is 21.1 Å². The van der Waals surface area contributed by atoms with Crippen molar-refractivity contribution in [2.24, 2.45) is 0 Å². The molecule has 0 spiro atoms. The van der Waals surface area contributed by atoms with Crippen molar-refractivity contribution in [3.05, 3.63) is 94.5 Å². The van der Waals surface area contributed by atoms with Gasteiger partial charge in [-0.15, -0.1) is 0 Å². The molecule has 3 rings (SSSR count). The van der Waals surface area contributed by atoms with Gasteiger partial charge in [0.1, 0.15) is 12.2 Å². The standard InChI is InChI=1S/C25H26N4O6S/c1-2-3-17-26-25(31)20-13-7-8-14-21(20)27-24(30)18-28(22-15-9-10-16-23(22)29(32)33)36(34,35)19-11-5-4-6-12-19/h4-16H,2-3,17-18H2,1H3,(H,26,31)(H,27,30). The second-order valence-corrected chi connectivity index (χ2v) is 9.64. The van der Waals surface area contributed by atoms with Crippen LogP contribution in [0.2, 0.25) is 0 Å². The fourth-order valence-electron chi connectivity index (χ4n) is 3.43. The third-order valence-electron chi connectivity index (χ3n) is 5.23. The van der Waals surface area contributed by atoms with Gasteiger partial charge in [0.25, 0.3) is 21.6 Å². The lowest BCUT2D eigenvalue weighted by Gasteiger charge is -2.24. The SMILES string of the molecule is CCCCNC(=O)c1ccccc1NC(=O)CN(c1ccccc1[N+](=O)[O-])S(=O)(=O)c1ccccc1. The fraction of sp³-hybridized carbons (Fsp3) is 0.200. The molecule has 0 atom stereocenters. The smallest absolute Gasteiger partial charge is 0.293 e. The lowest BCUT2D eigenvalue weighted by atomic mass is 10.1. The first kappa shape index (κ1) is 26.4. The van der Waals surface area contributed by atoms with E-state index in [0.717, 1.165) is 18.9 Å². The molecule has 2 N–H and O–H groups in total. The van der Waals surface area contributed by atoms with Crippen molar-refractivity contribution in [3.63, 3.8) is 0 Å². The molecule has 0 aromatic heterocycles. The second kappa shape index (κ2) is 11.9. The second-order valence-electron chi connectivity index (χ2n) is 7.77. The zero-order chi connectivity index (χ0) is 26.1. The number of benzene rings is 3. The van der Waals surface area contributed by atoms with Gasteiger partial charge < -0.3 is 10.6 Å². The third-order valence-corrected chi connectivity index (χ3v) is 7.00.